The van der Waals surface area contributed by atoms with Crippen molar-refractivity contribution in [2.45, 2.75) is 0 Å². The van der Waals surface area contributed by atoms with Crippen LogP contribution in [0.4, 0.5) is 4.39 Å². The van der Waals surface area contributed by atoms with Gasteiger partial charge in [0, 0.05) is 9.86 Å². The second-order valence-corrected chi connectivity index (χ2v) is 8.70. The van der Waals surface area contributed by atoms with Crippen molar-refractivity contribution < 1.29 is 13.2 Å². The molecule has 0 amide bonds. The summed E-state index contributed by atoms with van der Waals surface area (Å²) in [7, 11) is 0. The minimum Gasteiger partial charge on any atom is -0.455 e. The number of nitrogens with zero attached hydrogens (tertiary/aromatic N) is 3. The minimum absolute atomic E-state index is 0.256. The number of para-hydroxylation sites is 2. The van der Waals surface area contributed by atoms with Crippen molar-refractivity contribution in [3.63, 3.8) is 0 Å². The van der Waals surface area contributed by atoms with Crippen LogP contribution in [0.5, 0.6) is 0 Å². The highest BCUT2D eigenvalue weighted by Crippen LogP contribution is 2.28. The first kappa shape index (κ1) is 21.2. The summed E-state index contributed by atoms with van der Waals surface area (Å²) in [5.41, 5.74) is 1.17. The van der Waals surface area contributed by atoms with Gasteiger partial charge in [0.2, 0.25) is 5.82 Å². The third-order valence-corrected chi connectivity index (χ3v) is 6.02. The molecule has 0 aliphatic carbocycles. The summed E-state index contributed by atoms with van der Waals surface area (Å²) in [6.45, 7) is 0. The molecule has 3 aromatic carbocycles. The molecule has 6 nitrogen and oxygen atoms in total. The van der Waals surface area contributed by atoms with Crippen molar-refractivity contribution in [2.75, 3.05) is 0 Å². The lowest BCUT2D eigenvalue weighted by atomic mass is 10.1. The van der Waals surface area contributed by atoms with Crippen LogP contribution in [0.3, 0.4) is 0 Å². The lowest BCUT2D eigenvalue weighted by Crippen LogP contribution is -2.20. The number of fused-ring (bicyclic) bond motifs is 2. The van der Waals surface area contributed by atoms with Crippen LogP contribution in [-0.2, 0) is 0 Å². The Bertz CT molecular complexity index is 1780. The van der Waals surface area contributed by atoms with Crippen LogP contribution >= 0.6 is 15.9 Å². The molecule has 3 heterocycles. The van der Waals surface area contributed by atoms with E-state index in [1.807, 2.05) is 36.4 Å². The van der Waals surface area contributed by atoms with Gasteiger partial charge in [-0.3, -0.25) is 4.79 Å². The smallest absolute Gasteiger partial charge is 0.282 e. The molecule has 0 fully saturated rings. The Morgan fingerprint density at radius 2 is 1.74 bits per heavy atom. The lowest BCUT2D eigenvalue weighted by molar-refractivity contribution is 0.562. The molecular formula is C27H15BrFN3O3. The number of aromatic nitrogens is 2. The number of rotatable bonds is 4. The molecule has 0 N–H and O–H groups in total. The second kappa shape index (κ2) is 8.48. The normalized spacial score (nSPS) is 11.7. The Morgan fingerprint density at radius 1 is 0.914 bits per heavy atom. The van der Waals surface area contributed by atoms with Crippen molar-refractivity contribution in [3.8, 4) is 22.9 Å². The van der Waals surface area contributed by atoms with Gasteiger partial charge in [-0.15, -0.1) is 0 Å². The van der Waals surface area contributed by atoms with Gasteiger partial charge in [-0.05, 0) is 54.6 Å². The molecule has 0 spiro atoms. The molecule has 6 rings (SSSR count). The van der Waals surface area contributed by atoms with Gasteiger partial charge < -0.3 is 8.83 Å². The van der Waals surface area contributed by atoms with E-state index in [2.05, 4.69) is 26.0 Å². The van der Waals surface area contributed by atoms with E-state index in [4.69, 9.17) is 8.83 Å². The van der Waals surface area contributed by atoms with Crippen molar-refractivity contribution in [3.05, 3.63) is 111 Å². The monoisotopic (exact) mass is 527 g/mol. The second-order valence-electron chi connectivity index (χ2n) is 7.79. The van der Waals surface area contributed by atoms with Crippen LogP contribution in [-0.4, -0.2) is 15.9 Å². The van der Waals surface area contributed by atoms with Gasteiger partial charge in [-0.2, -0.15) is 9.78 Å². The minimum atomic E-state index is -0.417. The fourth-order valence-electron chi connectivity index (χ4n) is 3.85. The molecule has 8 heteroatoms. The first-order valence-corrected chi connectivity index (χ1v) is 11.5. The van der Waals surface area contributed by atoms with E-state index >= 15 is 0 Å². The van der Waals surface area contributed by atoms with E-state index in [0.29, 0.717) is 43.8 Å². The molecular weight excluding hydrogens is 513 g/mol. The summed E-state index contributed by atoms with van der Waals surface area (Å²) in [6, 6.07) is 24.4. The Balaban J connectivity index is 1.46. The van der Waals surface area contributed by atoms with E-state index in [1.54, 1.807) is 42.5 Å². The van der Waals surface area contributed by atoms with Gasteiger partial charge in [0.1, 0.15) is 22.9 Å². The maximum absolute atomic E-state index is 14.3. The van der Waals surface area contributed by atoms with Gasteiger partial charge >= 0.3 is 0 Å². The molecule has 35 heavy (non-hydrogen) atoms. The van der Waals surface area contributed by atoms with E-state index in [9.17, 15) is 9.18 Å². The topological polar surface area (TPSA) is 73.5 Å². The van der Waals surface area contributed by atoms with Crippen LogP contribution in [0.25, 0.3) is 44.8 Å². The third kappa shape index (κ3) is 3.87. The largest absolute Gasteiger partial charge is 0.455 e. The van der Waals surface area contributed by atoms with E-state index in [-0.39, 0.29) is 11.4 Å². The van der Waals surface area contributed by atoms with Gasteiger partial charge in [0.15, 0.2) is 5.76 Å². The Morgan fingerprint density at radius 3 is 2.60 bits per heavy atom. The zero-order chi connectivity index (χ0) is 23.9. The molecule has 0 saturated carbocycles. The molecule has 0 aliphatic heterocycles. The molecule has 0 bridgehead atoms. The zero-order valence-corrected chi connectivity index (χ0v) is 19.6. The first-order chi connectivity index (χ1) is 17.1. The van der Waals surface area contributed by atoms with Crippen molar-refractivity contribution in [1.82, 2.24) is 9.66 Å². The Kier molecular flexibility index (Phi) is 5.15. The molecule has 170 valence electrons. The average molecular weight is 528 g/mol. The highest BCUT2D eigenvalue weighted by molar-refractivity contribution is 9.10. The van der Waals surface area contributed by atoms with Gasteiger partial charge in [-0.1, -0.05) is 46.3 Å². The summed E-state index contributed by atoms with van der Waals surface area (Å²) < 4.78 is 27.9. The average Bonchev–Trinajstić information content (AvgIpc) is 3.50. The molecule has 0 radical (unpaired) electrons. The van der Waals surface area contributed by atoms with Crippen molar-refractivity contribution in [1.29, 1.82) is 0 Å². The molecule has 3 aromatic heterocycles. The maximum atomic E-state index is 14.3. The molecule has 0 unspecified atom stereocenters. The van der Waals surface area contributed by atoms with Crippen LogP contribution in [0.2, 0.25) is 0 Å². The predicted octanol–water partition coefficient (Wildman–Crippen LogP) is 6.85. The maximum Gasteiger partial charge on any atom is 0.282 e. The van der Waals surface area contributed by atoms with E-state index in [1.165, 1.54) is 17.0 Å². The number of hydrogen-bond acceptors (Lipinski definition) is 5. The number of furan rings is 2. The third-order valence-electron chi connectivity index (χ3n) is 5.52. The summed E-state index contributed by atoms with van der Waals surface area (Å²) in [5.74, 6) is 0.936. The fourth-order valence-corrected chi connectivity index (χ4v) is 4.19. The first-order valence-electron chi connectivity index (χ1n) is 10.7. The quantitative estimate of drug-likeness (QED) is 0.235. The Labute approximate surface area is 206 Å². The summed E-state index contributed by atoms with van der Waals surface area (Å²) in [5, 5.41) is 5.68. The van der Waals surface area contributed by atoms with Crippen LogP contribution < -0.4 is 5.56 Å². The number of hydrogen-bond donors (Lipinski definition) is 0. The van der Waals surface area contributed by atoms with Gasteiger partial charge in [0.25, 0.3) is 5.56 Å². The highest BCUT2D eigenvalue weighted by Gasteiger charge is 2.16. The summed E-state index contributed by atoms with van der Waals surface area (Å²) in [6.07, 6.45) is 1.39. The van der Waals surface area contributed by atoms with Crippen molar-refractivity contribution in [2.24, 2.45) is 5.10 Å². The predicted molar refractivity (Wildman–Crippen MR) is 136 cm³/mol. The van der Waals surface area contributed by atoms with Crippen molar-refractivity contribution >= 4 is 44.0 Å². The fraction of sp³-hybridized carbons (Fsp3) is 0. The molecule has 0 aliphatic rings. The Hall–Kier alpha value is -4.30. The standard InChI is InChI=1S/C27H15BrFN3O3/c28-17-9-11-19(21(29)14-17)24-12-10-18(34-24)15-30-32-26(25-13-16-5-1-4-8-23(16)35-25)31-22-7-3-2-6-20(22)27(32)33/h1-15H. The SMILES string of the molecule is O=c1c2ccccc2nc(-c2cc3ccccc3o2)n1N=Cc1ccc(-c2ccc(Br)cc2F)o1. The van der Waals surface area contributed by atoms with Crippen LogP contribution in [0.15, 0.2) is 108 Å². The van der Waals surface area contributed by atoms with Crippen LogP contribution in [0, 0.1) is 5.82 Å². The number of halogens is 2. The van der Waals surface area contributed by atoms with E-state index < -0.39 is 5.82 Å². The lowest BCUT2D eigenvalue weighted by Gasteiger charge is -2.06. The molecule has 0 atom stereocenters. The van der Waals surface area contributed by atoms with Crippen LogP contribution in [0.1, 0.15) is 5.76 Å². The zero-order valence-electron chi connectivity index (χ0n) is 18.0. The van der Waals surface area contributed by atoms with Gasteiger partial charge in [-0.25, -0.2) is 9.37 Å². The highest BCUT2D eigenvalue weighted by atomic mass is 79.9. The van der Waals surface area contributed by atoms with Gasteiger partial charge in [0.05, 0.1) is 22.7 Å². The summed E-state index contributed by atoms with van der Waals surface area (Å²) >= 11 is 3.25. The number of benzene rings is 3. The molecule has 0 saturated heterocycles. The molecule has 6 aromatic rings. The van der Waals surface area contributed by atoms with E-state index in [0.717, 1.165) is 5.39 Å². The summed E-state index contributed by atoms with van der Waals surface area (Å²) in [4.78, 5) is 18.0.